The van der Waals surface area contributed by atoms with E-state index in [1.165, 1.54) is 38.5 Å². The molecule has 1 aliphatic heterocycles. The monoisotopic (exact) mass is 213 g/mol. The third-order valence-corrected chi connectivity index (χ3v) is 3.05. The highest BCUT2D eigenvalue weighted by atomic mass is 16.5. The van der Waals surface area contributed by atoms with Gasteiger partial charge in [0.25, 0.3) is 0 Å². The van der Waals surface area contributed by atoms with E-state index >= 15 is 0 Å². The van der Waals surface area contributed by atoms with Crippen LogP contribution in [-0.4, -0.2) is 38.5 Å². The average molecular weight is 213 g/mol. The summed E-state index contributed by atoms with van der Waals surface area (Å²) in [6, 6.07) is 0.845. The topological polar surface area (TPSA) is 30.5 Å². The van der Waals surface area contributed by atoms with Crippen LogP contribution >= 0.6 is 0 Å². The number of rotatable bonds is 8. The van der Waals surface area contributed by atoms with Gasteiger partial charge in [-0.3, -0.25) is 0 Å². The second kappa shape index (κ2) is 6.46. The molecule has 1 saturated carbocycles. The molecule has 2 aliphatic rings. The Morgan fingerprint density at radius 3 is 2.87 bits per heavy atom. The summed E-state index contributed by atoms with van der Waals surface area (Å²) < 4.78 is 11.1. The first kappa shape index (κ1) is 11.4. The molecule has 0 bridgehead atoms. The van der Waals surface area contributed by atoms with Crippen LogP contribution in [0.15, 0.2) is 0 Å². The number of hydrogen-bond donors (Lipinski definition) is 1. The summed E-state index contributed by atoms with van der Waals surface area (Å²) >= 11 is 0. The molecular weight excluding hydrogens is 190 g/mol. The van der Waals surface area contributed by atoms with E-state index in [-0.39, 0.29) is 0 Å². The molecule has 0 aromatic heterocycles. The van der Waals surface area contributed by atoms with Gasteiger partial charge in [-0.05, 0) is 45.1 Å². The molecule has 2 rings (SSSR count). The van der Waals surface area contributed by atoms with Gasteiger partial charge in [-0.15, -0.1) is 0 Å². The van der Waals surface area contributed by atoms with Gasteiger partial charge in [-0.25, -0.2) is 0 Å². The maximum absolute atomic E-state index is 5.59. The lowest BCUT2D eigenvalue weighted by atomic mass is 10.2. The zero-order chi connectivity index (χ0) is 10.3. The Bertz CT molecular complexity index is 165. The summed E-state index contributed by atoms with van der Waals surface area (Å²) in [6.07, 6.45) is 7.96. The van der Waals surface area contributed by atoms with E-state index in [9.17, 15) is 0 Å². The van der Waals surface area contributed by atoms with Crippen molar-refractivity contribution in [3.8, 4) is 0 Å². The van der Waals surface area contributed by atoms with Crippen molar-refractivity contribution in [3.63, 3.8) is 0 Å². The fourth-order valence-electron chi connectivity index (χ4n) is 1.91. The molecule has 0 aromatic rings. The van der Waals surface area contributed by atoms with E-state index in [4.69, 9.17) is 9.47 Å². The molecule has 88 valence electrons. The number of unbranched alkanes of at least 4 members (excludes halogenated alkanes) is 1. The molecule has 1 unspecified atom stereocenters. The fraction of sp³-hybridized carbons (Fsp3) is 1.00. The first-order chi connectivity index (χ1) is 7.45. The molecule has 3 nitrogen and oxygen atoms in total. The van der Waals surface area contributed by atoms with Crippen LogP contribution in [0.3, 0.4) is 0 Å². The SMILES string of the molecule is C(CCOCC1CCCO1)CNC1CC1. The minimum Gasteiger partial charge on any atom is -0.379 e. The van der Waals surface area contributed by atoms with Crippen molar-refractivity contribution in [1.29, 1.82) is 0 Å². The molecule has 1 saturated heterocycles. The van der Waals surface area contributed by atoms with Crippen LogP contribution in [0, 0.1) is 0 Å². The summed E-state index contributed by atoms with van der Waals surface area (Å²) in [5.74, 6) is 0. The van der Waals surface area contributed by atoms with Crippen molar-refractivity contribution in [2.75, 3.05) is 26.4 Å². The molecule has 2 fully saturated rings. The molecule has 0 radical (unpaired) electrons. The molecule has 0 aromatic carbocycles. The van der Waals surface area contributed by atoms with E-state index in [0.717, 1.165) is 32.4 Å². The van der Waals surface area contributed by atoms with Gasteiger partial charge < -0.3 is 14.8 Å². The molecule has 15 heavy (non-hydrogen) atoms. The van der Waals surface area contributed by atoms with Gasteiger partial charge in [0, 0.05) is 19.3 Å². The molecule has 0 spiro atoms. The van der Waals surface area contributed by atoms with Crippen LogP contribution in [0.4, 0.5) is 0 Å². The molecule has 0 amide bonds. The van der Waals surface area contributed by atoms with Crippen LogP contribution < -0.4 is 5.32 Å². The van der Waals surface area contributed by atoms with Crippen molar-refractivity contribution in [3.05, 3.63) is 0 Å². The van der Waals surface area contributed by atoms with Gasteiger partial charge in [0.05, 0.1) is 12.7 Å². The smallest absolute Gasteiger partial charge is 0.0809 e. The summed E-state index contributed by atoms with van der Waals surface area (Å²) in [4.78, 5) is 0. The lowest BCUT2D eigenvalue weighted by Gasteiger charge is -2.09. The van der Waals surface area contributed by atoms with Crippen molar-refractivity contribution in [2.45, 2.75) is 50.7 Å². The molecular formula is C12H23NO2. The predicted octanol–water partition coefficient (Wildman–Crippen LogP) is 1.71. The summed E-state index contributed by atoms with van der Waals surface area (Å²) in [5, 5.41) is 3.51. The highest BCUT2D eigenvalue weighted by molar-refractivity contribution is 4.80. The standard InChI is InChI=1S/C12H23NO2/c1(7-13-11-5-6-11)2-8-14-10-12-4-3-9-15-12/h11-13H,1-10H2. The molecule has 1 atom stereocenters. The Morgan fingerprint density at radius 1 is 1.20 bits per heavy atom. The highest BCUT2D eigenvalue weighted by Gasteiger charge is 2.19. The zero-order valence-corrected chi connectivity index (χ0v) is 9.54. The van der Waals surface area contributed by atoms with Crippen LogP contribution in [0.25, 0.3) is 0 Å². The second-order valence-electron chi connectivity index (χ2n) is 4.65. The lowest BCUT2D eigenvalue weighted by molar-refractivity contribution is 0.0162. The number of hydrogen-bond acceptors (Lipinski definition) is 3. The first-order valence-corrected chi connectivity index (χ1v) is 6.38. The Balaban J connectivity index is 1.32. The van der Waals surface area contributed by atoms with Crippen molar-refractivity contribution < 1.29 is 9.47 Å². The van der Waals surface area contributed by atoms with Crippen molar-refractivity contribution in [2.24, 2.45) is 0 Å². The Labute approximate surface area is 92.5 Å². The Morgan fingerprint density at radius 2 is 2.13 bits per heavy atom. The quantitative estimate of drug-likeness (QED) is 0.623. The zero-order valence-electron chi connectivity index (χ0n) is 9.54. The van der Waals surface area contributed by atoms with Gasteiger partial charge in [0.1, 0.15) is 0 Å². The third-order valence-electron chi connectivity index (χ3n) is 3.05. The van der Waals surface area contributed by atoms with Gasteiger partial charge in [-0.2, -0.15) is 0 Å². The van der Waals surface area contributed by atoms with E-state index in [2.05, 4.69) is 5.32 Å². The summed E-state index contributed by atoms with van der Waals surface area (Å²) in [5.41, 5.74) is 0. The Hall–Kier alpha value is -0.120. The van der Waals surface area contributed by atoms with Crippen LogP contribution in [0.5, 0.6) is 0 Å². The van der Waals surface area contributed by atoms with E-state index in [0.29, 0.717) is 6.10 Å². The minimum atomic E-state index is 0.384. The van der Waals surface area contributed by atoms with Crippen LogP contribution in [-0.2, 0) is 9.47 Å². The third kappa shape index (κ3) is 4.96. The second-order valence-corrected chi connectivity index (χ2v) is 4.65. The summed E-state index contributed by atoms with van der Waals surface area (Å²) in [6.45, 7) is 3.79. The largest absolute Gasteiger partial charge is 0.379 e. The van der Waals surface area contributed by atoms with E-state index < -0.39 is 0 Å². The predicted molar refractivity (Wildman–Crippen MR) is 60.1 cm³/mol. The van der Waals surface area contributed by atoms with Crippen LogP contribution in [0.1, 0.15) is 38.5 Å². The van der Waals surface area contributed by atoms with Crippen LogP contribution in [0.2, 0.25) is 0 Å². The van der Waals surface area contributed by atoms with Gasteiger partial charge in [-0.1, -0.05) is 0 Å². The Kier molecular flexibility index (Phi) is 4.90. The van der Waals surface area contributed by atoms with E-state index in [1.807, 2.05) is 0 Å². The number of nitrogens with one attached hydrogen (secondary N) is 1. The first-order valence-electron chi connectivity index (χ1n) is 6.38. The van der Waals surface area contributed by atoms with Gasteiger partial charge in [0.15, 0.2) is 0 Å². The maximum Gasteiger partial charge on any atom is 0.0809 e. The highest BCUT2D eigenvalue weighted by Crippen LogP contribution is 2.18. The average Bonchev–Trinajstić information content (AvgIpc) is 2.92. The molecule has 1 heterocycles. The fourth-order valence-corrected chi connectivity index (χ4v) is 1.91. The molecule has 3 heteroatoms. The van der Waals surface area contributed by atoms with Gasteiger partial charge in [0.2, 0.25) is 0 Å². The molecule has 1 N–H and O–H groups in total. The number of ether oxygens (including phenoxy) is 2. The summed E-state index contributed by atoms with van der Waals surface area (Å²) in [7, 11) is 0. The lowest BCUT2D eigenvalue weighted by Crippen LogP contribution is -2.18. The van der Waals surface area contributed by atoms with Crippen molar-refractivity contribution >= 4 is 0 Å². The normalized spacial score (nSPS) is 26.0. The van der Waals surface area contributed by atoms with E-state index in [1.54, 1.807) is 0 Å². The maximum atomic E-state index is 5.59. The van der Waals surface area contributed by atoms with Crippen molar-refractivity contribution in [1.82, 2.24) is 5.32 Å². The molecule has 1 aliphatic carbocycles. The van der Waals surface area contributed by atoms with Gasteiger partial charge >= 0.3 is 0 Å². The minimum absolute atomic E-state index is 0.384.